The first-order valence-electron chi connectivity index (χ1n) is 7.08. The molecule has 21 heavy (non-hydrogen) atoms. The Hall–Kier alpha value is -1.15. The second-order valence-electron chi connectivity index (χ2n) is 5.13. The van der Waals surface area contributed by atoms with Crippen molar-refractivity contribution in [2.24, 2.45) is 5.73 Å². The molecule has 7 heteroatoms. The van der Waals surface area contributed by atoms with Gasteiger partial charge in [0.25, 0.3) is 0 Å². The van der Waals surface area contributed by atoms with E-state index in [4.69, 9.17) is 15.2 Å². The fourth-order valence-corrected chi connectivity index (χ4v) is 3.57. The van der Waals surface area contributed by atoms with Gasteiger partial charge in [0.05, 0.1) is 11.0 Å². The zero-order valence-electron chi connectivity index (χ0n) is 12.1. The van der Waals surface area contributed by atoms with Crippen LogP contribution in [0.1, 0.15) is 19.8 Å². The number of ether oxygens (including phenoxy) is 2. The van der Waals surface area contributed by atoms with Crippen LogP contribution in [0.3, 0.4) is 0 Å². The van der Waals surface area contributed by atoms with Crippen LogP contribution >= 0.6 is 0 Å². The highest BCUT2D eigenvalue weighted by Gasteiger charge is 2.25. The average molecular weight is 314 g/mol. The number of nitrogens with two attached hydrogens (primary N) is 1. The minimum Gasteiger partial charge on any atom is -0.492 e. The van der Waals surface area contributed by atoms with Gasteiger partial charge in [-0.25, -0.2) is 13.1 Å². The molecule has 1 aliphatic heterocycles. The second-order valence-corrected chi connectivity index (χ2v) is 6.85. The fourth-order valence-electron chi connectivity index (χ4n) is 2.28. The highest BCUT2D eigenvalue weighted by Crippen LogP contribution is 2.19. The smallest absolute Gasteiger partial charge is 0.240 e. The molecule has 118 valence electrons. The molecule has 3 N–H and O–H groups in total. The number of rotatable bonds is 6. The Morgan fingerprint density at radius 2 is 2.10 bits per heavy atom. The number of sulfonamides is 1. The van der Waals surface area contributed by atoms with Crippen LogP contribution in [-0.2, 0) is 14.8 Å². The quantitative estimate of drug-likeness (QED) is 0.813. The van der Waals surface area contributed by atoms with Crippen LogP contribution in [0.4, 0.5) is 0 Å². The van der Waals surface area contributed by atoms with Crippen molar-refractivity contribution in [3.63, 3.8) is 0 Å². The predicted molar refractivity (Wildman–Crippen MR) is 79.7 cm³/mol. The molecule has 6 nitrogen and oxygen atoms in total. The molecule has 1 aromatic carbocycles. The molecule has 1 fully saturated rings. The lowest BCUT2D eigenvalue weighted by atomic mass is 10.1. The van der Waals surface area contributed by atoms with Crippen LogP contribution in [0, 0.1) is 0 Å². The molecule has 0 aromatic heterocycles. The molecular formula is C14H22N2O4S. The lowest BCUT2D eigenvalue weighted by Gasteiger charge is -2.27. The van der Waals surface area contributed by atoms with Gasteiger partial charge in [0.2, 0.25) is 10.0 Å². The maximum Gasteiger partial charge on any atom is 0.240 e. The molecule has 0 bridgehead atoms. The summed E-state index contributed by atoms with van der Waals surface area (Å²) in [5, 5.41) is 0. The van der Waals surface area contributed by atoms with Crippen molar-refractivity contribution >= 4 is 10.0 Å². The highest BCUT2D eigenvalue weighted by molar-refractivity contribution is 7.89. The largest absolute Gasteiger partial charge is 0.492 e. The summed E-state index contributed by atoms with van der Waals surface area (Å²) in [5.74, 6) is 0.610. The minimum absolute atomic E-state index is 0.0769. The van der Waals surface area contributed by atoms with Crippen molar-refractivity contribution in [3.8, 4) is 5.75 Å². The molecule has 0 aliphatic carbocycles. The summed E-state index contributed by atoms with van der Waals surface area (Å²) in [6, 6.07) is 6.27. The fraction of sp³-hybridized carbons (Fsp3) is 0.571. The van der Waals surface area contributed by atoms with E-state index < -0.39 is 10.0 Å². The van der Waals surface area contributed by atoms with Gasteiger partial charge in [0.1, 0.15) is 12.4 Å². The van der Waals surface area contributed by atoms with Crippen LogP contribution in [0.5, 0.6) is 5.75 Å². The Kier molecular flexibility index (Phi) is 5.58. The molecule has 2 rings (SSSR count). The van der Waals surface area contributed by atoms with Gasteiger partial charge in [-0.1, -0.05) is 0 Å². The predicted octanol–water partition coefficient (Wildman–Crippen LogP) is 0.870. The molecule has 1 aliphatic rings. The molecular weight excluding hydrogens is 292 g/mol. The Morgan fingerprint density at radius 3 is 2.71 bits per heavy atom. The maximum atomic E-state index is 12.3. The van der Waals surface area contributed by atoms with E-state index in [9.17, 15) is 8.42 Å². The average Bonchev–Trinajstić information content (AvgIpc) is 2.45. The summed E-state index contributed by atoms with van der Waals surface area (Å²) in [4.78, 5) is 0.238. The van der Waals surface area contributed by atoms with Crippen LogP contribution in [0.15, 0.2) is 29.2 Å². The number of hydrogen-bond donors (Lipinski definition) is 2. The summed E-state index contributed by atoms with van der Waals surface area (Å²) in [5.41, 5.74) is 5.35. The van der Waals surface area contributed by atoms with E-state index in [0.29, 0.717) is 38.3 Å². The van der Waals surface area contributed by atoms with Gasteiger partial charge >= 0.3 is 0 Å². The topological polar surface area (TPSA) is 90.7 Å². The van der Waals surface area contributed by atoms with Gasteiger partial charge in [-0.05, 0) is 44.0 Å². The standard InChI is InChI=1S/C14H22N2O4S/c1-11-10-12(6-8-19-11)16-21(17,18)14-4-2-13(3-5-14)20-9-7-15/h2-5,11-12,16H,6-10,15H2,1H3. The van der Waals surface area contributed by atoms with E-state index in [1.54, 1.807) is 12.1 Å². The van der Waals surface area contributed by atoms with E-state index in [2.05, 4.69) is 4.72 Å². The number of benzene rings is 1. The normalized spacial score (nSPS) is 23.0. The molecule has 0 spiro atoms. The van der Waals surface area contributed by atoms with Gasteiger partial charge in [0, 0.05) is 19.2 Å². The molecule has 0 amide bonds. The lowest BCUT2D eigenvalue weighted by molar-refractivity contribution is 0.0173. The SMILES string of the molecule is CC1CC(NS(=O)(=O)c2ccc(OCCN)cc2)CCO1. The zero-order valence-corrected chi connectivity index (χ0v) is 12.9. The van der Waals surface area contributed by atoms with Gasteiger partial charge < -0.3 is 15.2 Å². The van der Waals surface area contributed by atoms with Crippen LogP contribution in [0.25, 0.3) is 0 Å². The lowest BCUT2D eigenvalue weighted by Crippen LogP contribution is -2.41. The van der Waals surface area contributed by atoms with Crippen LogP contribution in [0.2, 0.25) is 0 Å². The van der Waals surface area contributed by atoms with Crippen molar-refractivity contribution in [3.05, 3.63) is 24.3 Å². The summed E-state index contributed by atoms with van der Waals surface area (Å²) < 4.78 is 38.1. The summed E-state index contributed by atoms with van der Waals surface area (Å²) in [6.45, 7) is 3.36. The van der Waals surface area contributed by atoms with E-state index >= 15 is 0 Å². The highest BCUT2D eigenvalue weighted by atomic mass is 32.2. The first kappa shape index (κ1) is 16.2. The third-order valence-electron chi connectivity index (χ3n) is 3.33. The minimum atomic E-state index is -3.51. The molecule has 1 saturated heterocycles. The molecule has 0 radical (unpaired) electrons. The number of nitrogens with one attached hydrogen (secondary N) is 1. The van der Waals surface area contributed by atoms with Crippen LogP contribution in [-0.4, -0.2) is 40.3 Å². The molecule has 1 heterocycles. The second kappa shape index (κ2) is 7.22. The summed E-state index contributed by atoms with van der Waals surface area (Å²) in [7, 11) is -3.51. The first-order valence-corrected chi connectivity index (χ1v) is 8.56. The number of hydrogen-bond acceptors (Lipinski definition) is 5. The van der Waals surface area contributed by atoms with E-state index in [0.717, 1.165) is 0 Å². The first-order chi connectivity index (χ1) is 10.0. The van der Waals surface area contributed by atoms with Crippen molar-refractivity contribution in [2.75, 3.05) is 19.8 Å². The maximum absolute atomic E-state index is 12.3. The Labute approximate surface area is 125 Å². The van der Waals surface area contributed by atoms with Crippen molar-refractivity contribution < 1.29 is 17.9 Å². The Bertz CT molecular complexity index is 545. The van der Waals surface area contributed by atoms with Gasteiger partial charge in [-0.2, -0.15) is 0 Å². The van der Waals surface area contributed by atoms with E-state index in [-0.39, 0.29) is 17.0 Å². The monoisotopic (exact) mass is 314 g/mol. The van der Waals surface area contributed by atoms with Crippen LogP contribution < -0.4 is 15.2 Å². The third kappa shape index (κ3) is 4.67. The molecule has 1 aromatic rings. The Balaban J connectivity index is 2.01. The third-order valence-corrected chi connectivity index (χ3v) is 4.86. The molecule has 0 saturated carbocycles. The summed E-state index contributed by atoms with van der Waals surface area (Å²) in [6.07, 6.45) is 1.47. The zero-order chi connectivity index (χ0) is 15.3. The van der Waals surface area contributed by atoms with Crippen molar-refractivity contribution in [1.82, 2.24) is 4.72 Å². The summed E-state index contributed by atoms with van der Waals surface area (Å²) >= 11 is 0. The van der Waals surface area contributed by atoms with Crippen molar-refractivity contribution in [1.29, 1.82) is 0 Å². The Morgan fingerprint density at radius 1 is 1.38 bits per heavy atom. The molecule has 2 unspecified atom stereocenters. The van der Waals surface area contributed by atoms with Gasteiger partial charge in [-0.15, -0.1) is 0 Å². The van der Waals surface area contributed by atoms with E-state index in [1.807, 2.05) is 6.92 Å². The molecule has 2 atom stereocenters. The van der Waals surface area contributed by atoms with Gasteiger partial charge in [-0.3, -0.25) is 0 Å². The van der Waals surface area contributed by atoms with E-state index in [1.165, 1.54) is 12.1 Å². The van der Waals surface area contributed by atoms with Gasteiger partial charge in [0.15, 0.2) is 0 Å². The van der Waals surface area contributed by atoms with Crippen molar-refractivity contribution in [2.45, 2.75) is 36.8 Å².